The Morgan fingerprint density at radius 1 is 1.00 bits per heavy atom. The van der Waals surface area contributed by atoms with Crippen LogP contribution in [0.1, 0.15) is 39.0 Å². The van der Waals surface area contributed by atoms with Crippen LogP contribution in [0.5, 0.6) is 0 Å². The zero-order valence-corrected chi connectivity index (χ0v) is 10.7. The highest BCUT2D eigenvalue weighted by Crippen LogP contribution is 2.13. The standard InChI is InChI=1S/C12H20N2O4/c1-2-3-4-5-6-13-10(16)9-11(17)14(7-8-15)12(13)18/h15H,2-9H2,1H3. The second-order valence-electron chi connectivity index (χ2n) is 4.33. The van der Waals surface area contributed by atoms with Gasteiger partial charge in [0.05, 0.1) is 13.2 Å². The number of carbonyl (C=O) groups excluding carboxylic acids is 3. The van der Waals surface area contributed by atoms with Crippen molar-refractivity contribution in [2.75, 3.05) is 19.7 Å². The van der Waals surface area contributed by atoms with Crippen LogP contribution in [0, 0.1) is 0 Å². The molecule has 0 atom stereocenters. The Balaban J connectivity index is 2.57. The van der Waals surface area contributed by atoms with Gasteiger partial charge in [-0.25, -0.2) is 4.79 Å². The number of unbranched alkanes of at least 4 members (excludes halogenated alkanes) is 3. The van der Waals surface area contributed by atoms with Gasteiger partial charge in [-0.2, -0.15) is 0 Å². The van der Waals surface area contributed by atoms with Gasteiger partial charge < -0.3 is 5.11 Å². The predicted octanol–water partition coefficient (Wildman–Crippen LogP) is 0.740. The Hall–Kier alpha value is -1.43. The number of rotatable bonds is 7. The summed E-state index contributed by atoms with van der Waals surface area (Å²) in [5.74, 6) is -0.959. The molecule has 0 unspecified atom stereocenters. The van der Waals surface area contributed by atoms with Crippen LogP contribution < -0.4 is 0 Å². The molecule has 0 aromatic carbocycles. The average molecular weight is 256 g/mol. The molecule has 1 rings (SSSR count). The van der Waals surface area contributed by atoms with Crippen molar-refractivity contribution >= 4 is 17.8 Å². The fourth-order valence-corrected chi connectivity index (χ4v) is 1.92. The van der Waals surface area contributed by atoms with Crippen molar-refractivity contribution < 1.29 is 19.5 Å². The molecule has 0 spiro atoms. The minimum atomic E-state index is -0.596. The van der Waals surface area contributed by atoms with Crippen molar-refractivity contribution in [2.24, 2.45) is 0 Å². The Morgan fingerprint density at radius 3 is 2.17 bits per heavy atom. The number of imide groups is 2. The summed E-state index contributed by atoms with van der Waals surface area (Å²) in [6.07, 6.45) is 3.58. The van der Waals surface area contributed by atoms with Crippen LogP contribution in [-0.2, 0) is 9.59 Å². The summed E-state index contributed by atoms with van der Waals surface area (Å²) in [5.41, 5.74) is 0. The Kier molecular flexibility index (Phi) is 5.77. The maximum absolute atomic E-state index is 11.9. The summed E-state index contributed by atoms with van der Waals surface area (Å²) in [7, 11) is 0. The van der Waals surface area contributed by atoms with Crippen molar-refractivity contribution in [3.05, 3.63) is 0 Å². The van der Waals surface area contributed by atoms with Crippen LogP contribution >= 0.6 is 0 Å². The quantitative estimate of drug-likeness (QED) is 0.538. The van der Waals surface area contributed by atoms with Gasteiger partial charge in [0, 0.05) is 6.54 Å². The first-order valence-electron chi connectivity index (χ1n) is 6.37. The summed E-state index contributed by atoms with van der Waals surface area (Å²) in [4.78, 5) is 37.1. The normalized spacial score (nSPS) is 16.7. The average Bonchev–Trinajstić information content (AvgIpc) is 2.33. The van der Waals surface area contributed by atoms with Gasteiger partial charge in [-0.1, -0.05) is 26.2 Å². The number of barbiturate groups is 1. The number of urea groups is 1. The molecule has 6 nitrogen and oxygen atoms in total. The van der Waals surface area contributed by atoms with Crippen molar-refractivity contribution in [3.63, 3.8) is 0 Å². The van der Waals surface area contributed by atoms with E-state index in [1.807, 2.05) is 0 Å². The smallest absolute Gasteiger partial charge is 0.333 e. The van der Waals surface area contributed by atoms with Gasteiger partial charge in [-0.05, 0) is 6.42 Å². The third-order valence-corrected chi connectivity index (χ3v) is 2.93. The number of hydrogen-bond acceptors (Lipinski definition) is 4. The minimum Gasteiger partial charge on any atom is -0.395 e. The predicted molar refractivity (Wildman–Crippen MR) is 64.7 cm³/mol. The van der Waals surface area contributed by atoms with E-state index in [0.717, 1.165) is 35.5 Å². The van der Waals surface area contributed by atoms with E-state index < -0.39 is 17.8 Å². The molecule has 0 aromatic rings. The molecule has 1 aliphatic heterocycles. The Morgan fingerprint density at radius 2 is 1.61 bits per heavy atom. The first-order chi connectivity index (χ1) is 8.61. The number of hydrogen-bond donors (Lipinski definition) is 1. The van der Waals surface area contributed by atoms with Crippen molar-refractivity contribution in [2.45, 2.75) is 39.0 Å². The molecule has 102 valence electrons. The molecule has 4 amide bonds. The molecular formula is C12H20N2O4. The number of carbonyl (C=O) groups is 3. The molecule has 1 saturated heterocycles. The van der Waals surface area contributed by atoms with Crippen LogP contribution in [0.3, 0.4) is 0 Å². The summed E-state index contributed by atoms with van der Waals surface area (Å²) in [6.45, 7) is 2.11. The van der Waals surface area contributed by atoms with E-state index in [0.29, 0.717) is 6.54 Å². The van der Waals surface area contributed by atoms with Crippen LogP contribution in [-0.4, -0.2) is 52.4 Å². The zero-order valence-electron chi connectivity index (χ0n) is 10.7. The lowest BCUT2D eigenvalue weighted by Crippen LogP contribution is -2.55. The molecule has 0 bridgehead atoms. The fraction of sp³-hybridized carbons (Fsp3) is 0.750. The first kappa shape index (κ1) is 14.6. The lowest BCUT2D eigenvalue weighted by molar-refractivity contribution is -0.142. The van der Waals surface area contributed by atoms with Crippen LogP contribution in [0.4, 0.5) is 4.79 Å². The maximum atomic E-state index is 11.9. The number of amides is 4. The zero-order chi connectivity index (χ0) is 13.5. The minimum absolute atomic E-state index is 0.0452. The lowest BCUT2D eigenvalue weighted by Gasteiger charge is -2.32. The highest BCUT2D eigenvalue weighted by atomic mass is 16.3. The fourth-order valence-electron chi connectivity index (χ4n) is 1.92. The molecule has 1 aliphatic rings. The van der Waals surface area contributed by atoms with Crippen LogP contribution in [0.25, 0.3) is 0 Å². The first-order valence-corrected chi connectivity index (χ1v) is 6.37. The molecule has 1 N–H and O–H groups in total. The summed E-state index contributed by atoms with van der Waals surface area (Å²) >= 11 is 0. The molecule has 1 fully saturated rings. The van der Waals surface area contributed by atoms with E-state index in [-0.39, 0.29) is 19.6 Å². The van der Waals surface area contributed by atoms with E-state index in [2.05, 4.69) is 6.92 Å². The Bertz CT molecular complexity index is 330. The lowest BCUT2D eigenvalue weighted by atomic mass is 10.2. The maximum Gasteiger partial charge on any atom is 0.333 e. The van der Waals surface area contributed by atoms with E-state index in [1.54, 1.807) is 0 Å². The van der Waals surface area contributed by atoms with E-state index in [4.69, 9.17) is 5.11 Å². The molecular weight excluding hydrogens is 236 g/mol. The third-order valence-electron chi connectivity index (χ3n) is 2.93. The largest absolute Gasteiger partial charge is 0.395 e. The van der Waals surface area contributed by atoms with Crippen molar-refractivity contribution in [1.29, 1.82) is 0 Å². The number of β-amino-alcohol motifs (C(OH)–C–C–N with tert-alkyl or cyclic N) is 1. The molecule has 0 aromatic heterocycles. The van der Waals surface area contributed by atoms with Crippen molar-refractivity contribution in [3.8, 4) is 0 Å². The van der Waals surface area contributed by atoms with Gasteiger partial charge in [0.2, 0.25) is 11.8 Å². The van der Waals surface area contributed by atoms with Gasteiger partial charge in [0.15, 0.2) is 0 Å². The summed E-state index contributed by atoms with van der Waals surface area (Å²) in [6, 6.07) is -0.596. The third kappa shape index (κ3) is 3.53. The monoisotopic (exact) mass is 256 g/mol. The molecule has 1 heterocycles. The van der Waals surface area contributed by atoms with Crippen LogP contribution in [0.15, 0.2) is 0 Å². The second-order valence-corrected chi connectivity index (χ2v) is 4.33. The van der Waals surface area contributed by atoms with Gasteiger partial charge in [-0.15, -0.1) is 0 Å². The van der Waals surface area contributed by atoms with E-state index >= 15 is 0 Å². The van der Waals surface area contributed by atoms with Crippen LogP contribution in [0.2, 0.25) is 0 Å². The molecule has 6 heteroatoms. The van der Waals surface area contributed by atoms with Gasteiger partial charge in [0.25, 0.3) is 0 Å². The van der Waals surface area contributed by atoms with E-state index in [9.17, 15) is 14.4 Å². The molecule has 0 aliphatic carbocycles. The van der Waals surface area contributed by atoms with Gasteiger partial charge >= 0.3 is 6.03 Å². The van der Waals surface area contributed by atoms with Crippen molar-refractivity contribution in [1.82, 2.24) is 9.80 Å². The highest BCUT2D eigenvalue weighted by Gasteiger charge is 2.36. The Labute approximate surface area is 107 Å². The molecule has 0 saturated carbocycles. The number of aliphatic hydroxyl groups is 1. The van der Waals surface area contributed by atoms with Gasteiger partial charge in [-0.3, -0.25) is 19.4 Å². The molecule has 0 radical (unpaired) electrons. The summed E-state index contributed by atoms with van der Waals surface area (Å²) < 4.78 is 0. The van der Waals surface area contributed by atoms with E-state index in [1.165, 1.54) is 0 Å². The number of nitrogens with zero attached hydrogens (tertiary/aromatic N) is 2. The molecule has 18 heavy (non-hydrogen) atoms. The number of aliphatic hydroxyl groups excluding tert-OH is 1. The topological polar surface area (TPSA) is 77.9 Å². The SMILES string of the molecule is CCCCCCN1C(=O)CC(=O)N(CCO)C1=O. The highest BCUT2D eigenvalue weighted by molar-refractivity contribution is 6.14. The summed E-state index contributed by atoms with van der Waals surface area (Å²) in [5, 5.41) is 8.80. The second kappa shape index (κ2) is 7.10. The van der Waals surface area contributed by atoms with Gasteiger partial charge in [0.1, 0.15) is 6.42 Å².